The number of nitrogens with zero attached hydrogens (tertiary/aromatic N) is 2. The first-order valence-electron chi connectivity index (χ1n) is 5.30. The topological polar surface area (TPSA) is 24.7 Å². The second-order valence-corrected chi connectivity index (χ2v) is 5.12. The minimum atomic E-state index is -0.107. The van der Waals surface area contributed by atoms with Crippen molar-refractivity contribution in [2.24, 2.45) is 10.2 Å². The molecule has 0 aliphatic heterocycles. The molecule has 0 saturated heterocycles. The van der Waals surface area contributed by atoms with Gasteiger partial charge in [-0.3, -0.25) is 0 Å². The van der Waals surface area contributed by atoms with Gasteiger partial charge in [-0.2, -0.15) is 10.2 Å². The lowest BCUT2D eigenvalue weighted by Crippen LogP contribution is -2.07. The second-order valence-electron chi connectivity index (χ2n) is 5.12. The van der Waals surface area contributed by atoms with Crippen molar-refractivity contribution < 1.29 is 0 Å². The molecule has 2 heteroatoms. The molecule has 0 spiro atoms. The van der Waals surface area contributed by atoms with Crippen LogP contribution < -0.4 is 0 Å². The second kappa shape index (κ2) is 4.13. The van der Waals surface area contributed by atoms with Crippen LogP contribution in [-0.4, -0.2) is 5.54 Å². The largest absolute Gasteiger partial charge is 0.183 e. The van der Waals surface area contributed by atoms with Crippen LogP contribution in [0.5, 0.6) is 0 Å². The molecule has 1 aromatic carbocycles. The van der Waals surface area contributed by atoms with Gasteiger partial charge in [0.15, 0.2) is 0 Å². The quantitative estimate of drug-likeness (QED) is 0.602. The van der Waals surface area contributed by atoms with E-state index in [0.29, 0.717) is 0 Å². The zero-order valence-electron chi connectivity index (χ0n) is 10.5. The summed E-state index contributed by atoms with van der Waals surface area (Å²) >= 11 is 0. The highest BCUT2D eigenvalue weighted by atomic mass is 15.1. The molecule has 0 unspecified atom stereocenters. The predicted octanol–water partition coefficient (Wildman–Crippen LogP) is 4.49. The van der Waals surface area contributed by atoms with Gasteiger partial charge in [0.2, 0.25) is 0 Å². The standard InChI is InChI=1S/C13H20N2/c1-9-7-10(2)12(11(3)8-9)14-15-13(4,5)6/h7-8H,1-6H3. The normalized spacial score (nSPS) is 12.4. The lowest BCUT2D eigenvalue weighted by Gasteiger charge is -2.11. The highest BCUT2D eigenvalue weighted by molar-refractivity contribution is 5.53. The van der Waals surface area contributed by atoms with Crippen LogP contribution in [0.4, 0.5) is 5.69 Å². The van der Waals surface area contributed by atoms with Crippen molar-refractivity contribution >= 4 is 5.69 Å². The molecule has 0 aromatic heterocycles. The summed E-state index contributed by atoms with van der Waals surface area (Å²) in [5, 5.41) is 8.65. The number of hydrogen-bond donors (Lipinski definition) is 0. The summed E-state index contributed by atoms with van der Waals surface area (Å²) in [5.41, 5.74) is 4.57. The first-order chi connectivity index (χ1) is 6.79. The highest BCUT2D eigenvalue weighted by Gasteiger charge is 2.08. The van der Waals surface area contributed by atoms with E-state index in [-0.39, 0.29) is 5.54 Å². The van der Waals surface area contributed by atoms with E-state index in [2.05, 4.69) is 63.9 Å². The molecule has 0 amide bonds. The van der Waals surface area contributed by atoms with Gasteiger partial charge in [-0.1, -0.05) is 17.7 Å². The number of benzene rings is 1. The highest BCUT2D eigenvalue weighted by Crippen LogP contribution is 2.26. The Balaban J connectivity index is 3.11. The zero-order chi connectivity index (χ0) is 11.6. The number of azo groups is 1. The minimum Gasteiger partial charge on any atom is -0.183 e. The molecule has 0 fully saturated rings. The Morgan fingerprint density at radius 3 is 1.80 bits per heavy atom. The Labute approximate surface area is 92.4 Å². The van der Waals surface area contributed by atoms with Crippen LogP contribution in [0.2, 0.25) is 0 Å². The summed E-state index contributed by atoms with van der Waals surface area (Å²) in [6.45, 7) is 12.4. The van der Waals surface area contributed by atoms with Gasteiger partial charge in [0.25, 0.3) is 0 Å². The van der Waals surface area contributed by atoms with Crippen molar-refractivity contribution in [3.63, 3.8) is 0 Å². The summed E-state index contributed by atoms with van der Waals surface area (Å²) in [7, 11) is 0. The molecular weight excluding hydrogens is 184 g/mol. The lowest BCUT2D eigenvalue weighted by molar-refractivity contribution is 0.552. The fourth-order valence-electron chi connectivity index (χ4n) is 1.53. The third-order valence-corrected chi connectivity index (χ3v) is 2.09. The summed E-state index contributed by atoms with van der Waals surface area (Å²) in [6, 6.07) is 4.29. The molecule has 0 saturated carbocycles. The molecule has 1 rings (SSSR count). The van der Waals surface area contributed by atoms with E-state index < -0.39 is 0 Å². The summed E-state index contributed by atoms with van der Waals surface area (Å²) < 4.78 is 0. The van der Waals surface area contributed by atoms with Gasteiger partial charge in [0.1, 0.15) is 0 Å². The van der Waals surface area contributed by atoms with Crippen LogP contribution in [-0.2, 0) is 0 Å². The maximum Gasteiger partial charge on any atom is 0.0911 e. The van der Waals surface area contributed by atoms with Gasteiger partial charge in [0, 0.05) is 0 Å². The molecule has 0 aliphatic carbocycles. The Hall–Kier alpha value is -1.18. The van der Waals surface area contributed by atoms with E-state index in [1.54, 1.807) is 0 Å². The van der Waals surface area contributed by atoms with Crippen molar-refractivity contribution in [3.05, 3.63) is 28.8 Å². The van der Waals surface area contributed by atoms with Crippen LogP contribution >= 0.6 is 0 Å². The van der Waals surface area contributed by atoms with Crippen LogP contribution in [0.25, 0.3) is 0 Å². The average molecular weight is 204 g/mol. The Bertz CT molecular complexity index is 361. The average Bonchev–Trinajstić information content (AvgIpc) is 1.99. The maximum absolute atomic E-state index is 4.34. The van der Waals surface area contributed by atoms with Crippen molar-refractivity contribution in [3.8, 4) is 0 Å². The van der Waals surface area contributed by atoms with Gasteiger partial charge < -0.3 is 0 Å². The van der Waals surface area contributed by atoms with E-state index in [1.165, 1.54) is 16.7 Å². The van der Waals surface area contributed by atoms with Crippen LogP contribution in [0.3, 0.4) is 0 Å². The smallest absolute Gasteiger partial charge is 0.0911 e. The third kappa shape index (κ3) is 3.46. The van der Waals surface area contributed by atoms with Crippen molar-refractivity contribution in [1.82, 2.24) is 0 Å². The molecule has 15 heavy (non-hydrogen) atoms. The molecule has 0 radical (unpaired) electrons. The Morgan fingerprint density at radius 1 is 0.933 bits per heavy atom. The minimum absolute atomic E-state index is 0.107. The van der Waals surface area contributed by atoms with E-state index in [1.807, 2.05) is 0 Å². The molecule has 0 aliphatic rings. The maximum atomic E-state index is 4.34. The van der Waals surface area contributed by atoms with Gasteiger partial charge in [0.05, 0.1) is 11.2 Å². The number of rotatable bonds is 1. The lowest BCUT2D eigenvalue weighted by atomic mass is 10.1. The van der Waals surface area contributed by atoms with Crippen LogP contribution in [0, 0.1) is 20.8 Å². The molecule has 0 atom stereocenters. The number of hydrogen-bond acceptors (Lipinski definition) is 2. The van der Waals surface area contributed by atoms with Crippen molar-refractivity contribution in [2.75, 3.05) is 0 Å². The molecule has 0 heterocycles. The van der Waals surface area contributed by atoms with E-state index in [9.17, 15) is 0 Å². The zero-order valence-corrected chi connectivity index (χ0v) is 10.5. The first-order valence-corrected chi connectivity index (χ1v) is 5.30. The molecule has 82 valence electrons. The fraction of sp³-hybridized carbons (Fsp3) is 0.538. The molecule has 1 aromatic rings. The summed E-state index contributed by atoms with van der Waals surface area (Å²) in [4.78, 5) is 0. The Morgan fingerprint density at radius 2 is 1.40 bits per heavy atom. The van der Waals surface area contributed by atoms with Gasteiger partial charge in [-0.25, -0.2) is 0 Å². The van der Waals surface area contributed by atoms with Crippen molar-refractivity contribution in [1.29, 1.82) is 0 Å². The first kappa shape index (κ1) is 11.9. The third-order valence-electron chi connectivity index (χ3n) is 2.09. The number of aryl methyl sites for hydroxylation is 3. The molecular formula is C13H20N2. The van der Waals surface area contributed by atoms with Crippen LogP contribution in [0.1, 0.15) is 37.5 Å². The van der Waals surface area contributed by atoms with Gasteiger partial charge in [-0.15, -0.1) is 0 Å². The van der Waals surface area contributed by atoms with E-state index in [4.69, 9.17) is 0 Å². The van der Waals surface area contributed by atoms with Gasteiger partial charge >= 0.3 is 0 Å². The van der Waals surface area contributed by atoms with Gasteiger partial charge in [-0.05, 0) is 52.7 Å². The van der Waals surface area contributed by atoms with E-state index in [0.717, 1.165) is 5.69 Å². The van der Waals surface area contributed by atoms with Crippen LogP contribution in [0.15, 0.2) is 22.4 Å². The van der Waals surface area contributed by atoms with Crippen molar-refractivity contribution in [2.45, 2.75) is 47.1 Å². The molecule has 0 N–H and O–H groups in total. The summed E-state index contributed by atoms with van der Waals surface area (Å²) in [5.74, 6) is 0. The van der Waals surface area contributed by atoms with E-state index >= 15 is 0 Å². The predicted molar refractivity (Wildman–Crippen MR) is 64.9 cm³/mol. The molecule has 2 nitrogen and oxygen atoms in total. The Kier molecular flexibility index (Phi) is 3.28. The summed E-state index contributed by atoms with van der Waals surface area (Å²) in [6.07, 6.45) is 0. The monoisotopic (exact) mass is 204 g/mol. The molecule has 0 bridgehead atoms. The fourth-order valence-corrected chi connectivity index (χ4v) is 1.53. The SMILES string of the molecule is Cc1cc(C)c(N=NC(C)(C)C)c(C)c1.